The number of hydrogen-bond donors (Lipinski definition) is 1. The Kier molecular flexibility index (Phi) is 9.69. The van der Waals surface area contributed by atoms with Gasteiger partial charge in [0, 0.05) is 0 Å². The third kappa shape index (κ3) is 7.46. The van der Waals surface area contributed by atoms with Gasteiger partial charge in [0.15, 0.2) is 28.2 Å². The predicted octanol–water partition coefficient (Wildman–Crippen LogP) is 7.80. The van der Waals surface area contributed by atoms with Crippen molar-refractivity contribution in [1.82, 2.24) is 5.32 Å². The zero-order chi connectivity index (χ0) is 29.3. The highest BCUT2D eigenvalue weighted by atomic mass is 35.5. The molecule has 1 N–H and O–H groups in total. The van der Waals surface area contributed by atoms with Crippen LogP contribution in [0.5, 0.6) is 23.0 Å². The van der Waals surface area contributed by atoms with Crippen molar-refractivity contribution in [3.05, 3.63) is 118 Å². The lowest BCUT2D eigenvalue weighted by Crippen LogP contribution is -2.19. The number of benzene rings is 4. The molecule has 4 aromatic carbocycles. The second-order valence-electron chi connectivity index (χ2n) is 9.13. The fraction of sp³-hybridized carbons (Fsp3) is 0.152. The molecule has 0 saturated carbocycles. The second-order valence-corrected chi connectivity index (χ2v) is 10.6. The molecule has 0 atom stereocenters. The number of ether oxygens (including phenoxy) is 4. The summed E-state index contributed by atoms with van der Waals surface area (Å²) in [5.41, 5.74) is 3.40. The summed E-state index contributed by atoms with van der Waals surface area (Å²) in [7, 11) is 1.60. The minimum absolute atomic E-state index is 0.228. The van der Waals surface area contributed by atoms with Crippen LogP contribution in [0.4, 0.5) is 5.69 Å². The maximum atomic E-state index is 12.6. The third-order valence-electron chi connectivity index (χ3n) is 6.12. The van der Waals surface area contributed by atoms with Gasteiger partial charge in [-0.15, -0.1) is 0 Å². The fourth-order valence-corrected chi connectivity index (χ4v) is 5.25. The van der Waals surface area contributed by atoms with Gasteiger partial charge in [-0.05, 0) is 77.9 Å². The normalized spacial score (nSPS) is 14.6. The lowest BCUT2D eigenvalue weighted by Gasteiger charge is -2.16. The molecule has 1 amide bonds. The molecule has 0 aliphatic carbocycles. The Bertz CT molecular complexity index is 1610. The first kappa shape index (κ1) is 29.1. The zero-order valence-electron chi connectivity index (χ0n) is 23.1. The van der Waals surface area contributed by atoms with Crippen LogP contribution in [-0.4, -0.2) is 24.8 Å². The number of hydrogen-bond acceptors (Lipinski definition) is 7. The van der Waals surface area contributed by atoms with Crippen LogP contribution in [0, 0.1) is 0 Å². The van der Waals surface area contributed by atoms with Crippen molar-refractivity contribution >= 4 is 46.2 Å². The van der Waals surface area contributed by atoms with Gasteiger partial charge in [0.25, 0.3) is 5.91 Å². The molecule has 5 rings (SSSR count). The summed E-state index contributed by atoms with van der Waals surface area (Å²) in [6.45, 7) is 2.96. The van der Waals surface area contributed by atoms with E-state index in [1.807, 2.05) is 85.8 Å². The van der Waals surface area contributed by atoms with Gasteiger partial charge < -0.3 is 24.3 Å². The van der Waals surface area contributed by atoms with E-state index in [2.05, 4.69) is 10.3 Å². The molecule has 0 bridgehead atoms. The van der Waals surface area contributed by atoms with Crippen LogP contribution in [0.3, 0.4) is 0 Å². The average Bonchev–Trinajstić information content (AvgIpc) is 3.34. The molecule has 9 heteroatoms. The number of halogens is 1. The van der Waals surface area contributed by atoms with E-state index in [4.69, 9.17) is 30.5 Å². The number of thioether (sulfide) groups is 1. The van der Waals surface area contributed by atoms with Crippen molar-refractivity contribution < 1.29 is 23.7 Å². The van der Waals surface area contributed by atoms with Crippen molar-refractivity contribution in [3.8, 4) is 23.0 Å². The van der Waals surface area contributed by atoms with Gasteiger partial charge in [0.2, 0.25) is 0 Å². The number of amidine groups is 1. The van der Waals surface area contributed by atoms with Crippen molar-refractivity contribution in [2.24, 2.45) is 4.99 Å². The Morgan fingerprint density at radius 1 is 0.833 bits per heavy atom. The van der Waals surface area contributed by atoms with Crippen molar-refractivity contribution in [2.75, 3.05) is 13.7 Å². The molecule has 0 radical (unpaired) electrons. The standard InChI is InChI=1S/C33H29ClN2O5S/c1-3-39-29-18-24(19-30-32(37)36-33(42-30)35-25-12-8-5-9-13-25)16-26(34)31(29)41-21-23-14-15-27(28(17-23)38-2)40-20-22-10-6-4-7-11-22/h4-19H,3,20-21H2,1-2H3,(H,35,36,37)/b30-19+. The molecule has 0 spiro atoms. The van der Waals surface area contributed by atoms with Crippen LogP contribution in [-0.2, 0) is 18.0 Å². The Balaban J connectivity index is 1.29. The summed E-state index contributed by atoms with van der Waals surface area (Å²) in [5.74, 6) is 1.91. The lowest BCUT2D eigenvalue weighted by atomic mass is 10.1. The van der Waals surface area contributed by atoms with Crippen molar-refractivity contribution in [3.63, 3.8) is 0 Å². The summed E-state index contributed by atoms with van der Waals surface area (Å²) < 4.78 is 23.5. The van der Waals surface area contributed by atoms with Gasteiger partial charge in [-0.2, -0.15) is 0 Å². The zero-order valence-corrected chi connectivity index (χ0v) is 24.7. The molecule has 42 heavy (non-hydrogen) atoms. The van der Waals surface area contributed by atoms with E-state index in [1.165, 1.54) is 11.8 Å². The van der Waals surface area contributed by atoms with Crippen LogP contribution < -0.4 is 24.3 Å². The van der Waals surface area contributed by atoms with E-state index in [9.17, 15) is 4.79 Å². The predicted molar refractivity (Wildman–Crippen MR) is 168 cm³/mol. The number of aliphatic imine (C=N–C) groups is 1. The summed E-state index contributed by atoms with van der Waals surface area (Å²) >= 11 is 7.93. The third-order valence-corrected chi connectivity index (χ3v) is 7.31. The van der Waals surface area contributed by atoms with Gasteiger partial charge >= 0.3 is 0 Å². The van der Waals surface area contributed by atoms with Crippen molar-refractivity contribution in [1.29, 1.82) is 0 Å². The maximum Gasteiger partial charge on any atom is 0.264 e. The van der Waals surface area contributed by atoms with E-state index in [0.717, 1.165) is 16.8 Å². The topological polar surface area (TPSA) is 78.4 Å². The molecule has 0 aromatic heterocycles. The number of rotatable bonds is 11. The van der Waals surface area contributed by atoms with Gasteiger partial charge in [-0.3, -0.25) is 4.79 Å². The minimum Gasteiger partial charge on any atom is -0.493 e. The first-order valence-corrected chi connectivity index (χ1v) is 14.5. The molecule has 1 aliphatic heterocycles. The summed E-state index contributed by atoms with van der Waals surface area (Å²) in [4.78, 5) is 17.6. The van der Waals surface area contributed by atoms with Crippen LogP contribution >= 0.6 is 23.4 Å². The first-order valence-electron chi connectivity index (χ1n) is 13.3. The highest BCUT2D eigenvalue weighted by Crippen LogP contribution is 2.39. The van der Waals surface area contributed by atoms with E-state index in [1.54, 1.807) is 25.3 Å². The Morgan fingerprint density at radius 3 is 2.31 bits per heavy atom. The van der Waals surface area contributed by atoms with E-state index in [0.29, 0.717) is 56.9 Å². The monoisotopic (exact) mass is 600 g/mol. The number of carbonyl (C=O) groups is 1. The molecular formula is C33H29ClN2O5S. The molecule has 1 saturated heterocycles. The van der Waals surface area contributed by atoms with E-state index in [-0.39, 0.29) is 12.5 Å². The number of carbonyl (C=O) groups excluding carboxylic acids is 1. The van der Waals surface area contributed by atoms with Crippen LogP contribution in [0.15, 0.2) is 101 Å². The summed E-state index contributed by atoms with van der Waals surface area (Å²) in [6.07, 6.45) is 1.75. The lowest BCUT2D eigenvalue weighted by molar-refractivity contribution is -0.115. The quantitative estimate of drug-likeness (QED) is 0.177. The Hall–Kier alpha value is -4.40. The highest BCUT2D eigenvalue weighted by Gasteiger charge is 2.24. The Labute approximate surface area is 254 Å². The van der Waals surface area contributed by atoms with E-state index >= 15 is 0 Å². The maximum absolute atomic E-state index is 12.6. The molecule has 7 nitrogen and oxygen atoms in total. The molecule has 1 heterocycles. The molecule has 214 valence electrons. The molecule has 1 fully saturated rings. The van der Waals surface area contributed by atoms with Crippen LogP contribution in [0.1, 0.15) is 23.6 Å². The number of nitrogens with one attached hydrogen (secondary N) is 1. The Morgan fingerprint density at radius 2 is 1.57 bits per heavy atom. The summed E-state index contributed by atoms with van der Waals surface area (Å²) in [5, 5.41) is 3.68. The van der Waals surface area contributed by atoms with Crippen LogP contribution in [0.25, 0.3) is 6.08 Å². The van der Waals surface area contributed by atoms with Crippen LogP contribution in [0.2, 0.25) is 5.02 Å². The van der Waals surface area contributed by atoms with Gasteiger partial charge in [0.1, 0.15) is 13.2 Å². The minimum atomic E-state index is -0.228. The smallest absolute Gasteiger partial charge is 0.264 e. The highest BCUT2D eigenvalue weighted by molar-refractivity contribution is 8.18. The van der Waals surface area contributed by atoms with Gasteiger partial charge in [0.05, 0.1) is 29.3 Å². The average molecular weight is 601 g/mol. The summed E-state index contributed by atoms with van der Waals surface area (Å²) in [6, 6.07) is 28.6. The fourth-order valence-electron chi connectivity index (χ4n) is 4.14. The number of amides is 1. The van der Waals surface area contributed by atoms with Gasteiger partial charge in [-0.1, -0.05) is 66.2 Å². The SMILES string of the molecule is CCOc1cc(/C=C2/SC(=Nc3ccccc3)NC2=O)cc(Cl)c1OCc1ccc(OCc2ccccc2)c(OC)c1. The van der Waals surface area contributed by atoms with Crippen molar-refractivity contribution in [2.45, 2.75) is 20.1 Å². The van der Waals surface area contributed by atoms with E-state index < -0.39 is 0 Å². The van der Waals surface area contributed by atoms with Gasteiger partial charge in [-0.25, -0.2) is 4.99 Å². The first-order chi connectivity index (χ1) is 20.5. The number of methoxy groups -OCH3 is 1. The molecule has 0 unspecified atom stereocenters. The number of para-hydroxylation sites is 1. The second kappa shape index (κ2) is 14.0. The largest absolute Gasteiger partial charge is 0.493 e. The molecular weight excluding hydrogens is 572 g/mol. The number of nitrogens with zero attached hydrogens (tertiary/aromatic N) is 1. The molecule has 1 aliphatic rings. The molecule has 4 aromatic rings.